The number of thioether (sulfide) groups is 1. The molecular weight excluding hydrogens is 914 g/mol. The van der Waals surface area contributed by atoms with Crippen molar-refractivity contribution in [3.63, 3.8) is 0 Å². The number of rotatable bonds is 18. The van der Waals surface area contributed by atoms with Crippen LogP contribution in [0.3, 0.4) is 0 Å². The first-order valence-electron chi connectivity index (χ1n) is 22.3. The fourth-order valence-electron chi connectivity index (χ4n) is 8.48. The fraction of sp³-hybridized carbons (Fsp3) is 0.458. The number of carbonyl (C=O) groups excluding carboxylic acids is 4. The van der Waals surface area contributed by atoms with Gasteiger partial charge in [-0.15, -0.1) is 32.9 Å². The minimum Gasteiger partial charge on any atom is -0.391 e. The number of nitrogens with one attached hydrogen (secondary N) is 3. The van der Waals surface area contributed by atoms with Crippen molar-refractivity contribution >= 4 is 75.4 Å². The summed E-state index contributed by atoms with van der Waals surface area (Å²) in [5, 5.41) is 30.1. The number of fused-ring (bicyclic) bond motifs is 3. The zero-order valence-electron chi connectivity index (χ0n) is 38.4. The van der Waals surface area contributed by atoms with Crippen molar-refractivity contribution in [2.45, 2.75) is 123 Å². The van der Waals surface area contributed by atoms with E-state index in [1.807, 2.05) is 86.3 Å². The number of aliphatic hydroxyl groups is 1. The van der Waals surface area contributed by atoms with E-state index in [9.17, 15) is 24.3 Å². The van der Waals surface area contributed by atoms with Crippen LogP contribution in [0, 0.1) is 27.7 Å². The van der Waals surface area contributed by atoms with E-state index >= 15 is 0 Å². The Morgan fingerprint density at radius 1 is 0.955 bits per heavy atom. The van der Waals surface area contributed by atoms with E-state index in [1.165, 1.54) is 16.7 Å². The van der Waals surface area contributed by atoms with Crippen LogP contribution in [0.25, 0.3) is 15.4 Å². The van der Waals surface area contributed by atoms with Crippen LogP contribution in [0.5, 0.6) is 0 Å². The number of aliphatic imine (C=N–C) groups is 1. The molecule has 14 nitrogen and oxygen atoms in total. The molecular formula is C48H58ClN9O5S3. The third kappa shape index (κ3) is 11.2. The van der Waals surface area contributed by atoms with Crippen molar-refractivity contribution in [1.29, 1.82) is 0 Å². The molecule has 2 aliphatic heterocycles. The molecule has 18 heteroatoms. The van der Waals surface area contributed by atoms with E-state index in [-0.39, 0.29) is 43.7 Å². The van der Waals surface area contributed by atoms with Crippen molar-refractivity contribution < 1.29 is 24.3 Å². The quantitative estimate of drug-likeness (QED) is 0.0643. The number of benzene rings is 2. The van der Waals surface area contributed by atoms with Gasteiger partial charge >= 0.3 is 0 Å². The summed E-state index contributed by atoms with van der Waals surface area (Å²) < 4.78 is 1.32. The van der Waals surface area contributed by atoms with Gasteiger partial charge in [0.25, 0.3) is 0 Å². The van der Waals surface area contributed by atoms with Gasteiger partial charge in [-0.3, -0.25) is 28.7 Å². The molecule has 0 spiro atoms. The zero-order valence-corrected chi connectivity index (χ0v) is 41.6. The number of aromatic nitrogens is 4. The number of likely N-dealkylation sites (tertiary alicyclic amines) is 1. The lowest BCUT2D eigenvalue weighted by atomic mass is 9.99. The second kappa shape index (κ2) is 21.3. The van der Waals surface area contributed by atoms with Gasteiger partial charge in [-0.25, -0.2) is 4.98 Å². The number of hydrogen-bond donors (Lipinski definition) is 4. The Morgan fingerprint density at radius 2 is 1.67 bits per heavy atom. The predicted octanol–water partition coefficient (Wildman–Crippen LogP) is 7.59. The molecule has 7 rings (SSSR count). The van der Waals surface area contributed by atoms with Crippen LogP contribution in [0.1, 0.15) is 110 Å². The van der Waals surface area contributed by atoms with Crippen LogP contribution in [0.2, 0.25) is 5.02 Å². The van der Waals surface area contributed by atoms with Crippen molar-refractivity contribution in [3.8, 4) is 15.4 Å². The highest BCUT2D eigenvalue weighted by Crippen LogP contribution is 2.40. The van der Waals surface area contributed by atoms with Crippen molar-refractivity contribution in [3.05, 3.63) is 104 Å². The molecule has 0 radical (unpaired) electrons. The largest absolute Gasteiger partial charge is 0.391 e. The normalized spacial score (nSPS) is 17.4. The number of aryl methyl sites for hydroxylation is 3. The van der Waals surface area contributed by atoms with E-state index in [1.54, 1.807) is 34.4 Å². The Morgan fingerprint density at radius 3 is 2.36 bits per heavy atom. The maximum absolute atomic E-state index is 14.2. The molecule has 1 saturated heterocycles. The summed E-state index contributed by atoms with van der Waals surface area (Å²) in [6.45, 7) is 14.1. The van der Waals surface area contributed by atoms with Crippen LogP contribution >= 0.6 is 46.0 Å². The third-order valence-corrected chi connectivity index (χ3v) is 16.1. The summed E-state index contributed by atoms with van der Waals surface area (Å²) in [6.07, 6.45) is 2.82. The van der Waals surface area contributed by atoms with Crippen LogP contribution in [0.4, 0.5) is 0 Å². The lowest BCUT2D eigenvalue weighted by molar-refractivity contribution is -0.142. The smallest absolute Gasteiger partial charge is 0.247 e. The van der Waals surface area contributed by atoms with Crippen molar-refractivity contribution in [2.75, 3.05) is 18.8 Å². The third-order valence-electron chi connectivity index (χ3n) is 12.2. The van der Waals surface area contributed by atoms with E-state index in [0.29, 0.717) is 17.4 Å². The second-order valence-electron chi connectivity index (χ2n) is 17.5. The maximum Gasteiger partial charge on any atom is 0.247 e. The van der Waals surface area contributed by atoms with Crippen molar-refractivity contribution in [1.82, 2.24) is 40.6 Å². The fourth-order valence-corrected chi connectivity index (χ4v) is 11.8. The van der Waals surface area contributed by atoms with Gasteiger partial charge < -0.3 is 26.0 Å². The van der Waals surface area contributed by atoms with Crippen LogP contribution < -0.4 is 16.0 Å². The van der Waals surface area contributed by atoms with Gasteiger partial charge in [-0.2, -0.15) is 11.8 Å². The molecule has 4 amide bonds. The minimum absolute atomic E-state index is 0.00201. The van der Waals surface area contributed by atoms with Gasteiger partial charge in [-0.05, 0) is 89.0 Å². The Kier molecular flexibility index (Phi) is 15.8. The number of thiophene rings is 1. The predicted molar refractivity (Wildman–Crippen MR) is 264 cm³/mol. The Bertz CT molecular complexity index is 2590. The van der Waals surface area contributed by atoms with Gasteiger partial charge in [0.15, 0.2) is 5.82 Å². The van der Waals surface area contributed by atoms with Crippen LogP contribution in [-0.4, -0.2) is 101 Å². The average molecular weight is 973 g/mol. The lowest BCUT2D eigenvalue weighted by Crippen LogP contribution is -2.59. The molecule has 350 valence electrons. The topological polar surface area (TPSA) is 184 Å². The number of amides is 4. The highest BCUT2D eigenvalue weighted by Gasteiger charge is 2.46. The number of unbranched alkanes of at least 4 members (excludes halogenated alkanes) is 3. The Balaban J connectivity index is 0.884. The number of halogens is 1. The van der Waals surface area contributed by atoms with Gasteiger partial charge in [-0.1, -0.05) is 60.8 Å². The molecule has 4 atom stereocenters. The second-order valence-corrected chi connectivity index (χ2v) is 21.8. The Labute approximate surface area is 403 Å². The standard InChI is InChI=1S/C48H58ClN9O5S3/c1-27-29(3)66-47-40(27)41(33-16-18-35(49)19-17-33)54-37(44-56-55-30(4)58(44)47)23-39(61)50-20-10-8-9-11-21-65-48(6,7)43(53-31(5)59)46(63)57-25-36(60)22-38(57)45(62)51-24-32-12-14-34(15-13-32)42-28(2)52-26-64-42/h12-19,26,36-38,43,60H,8-11,20-25H2,1-7H3,(H,50,61)(H,51,62)(H,53,59)/t36-,37+,38+,43-/m0/s1. The van der Waals surface area contributed by atoms with E-state index in [4.69, 9.17) is 16.6 Å². The summed E-state index contributed by atoms with van der Waals surface area (Å²) in [6, 6.07) is 13.2. The van der Waals surface area contributed by atoms with Crippen LogP contribution in [-0.2, 0) is 25.7 Å². The number of hydrogen-bond acceptors (Lipinski definition) is 12. The lowest BCUT2D eigenvalue weighted by Gasteiger charge is -2.37. The average Bonchev–Trinajstić information content (AvgIpc) is 4.05. The zero-order chi connectivity index (χ0) is 47.3. The highest BCUT2D eigenvalue weighted by molar-refractivity contribution is 8.00. The molecule has 1 fully saturated rings. The number of thiazole rings is 1. The summed E-state index contributed by atoms with van der Waals surface area (Å²) in [4.78, 5) is 66.9. The summed E-state index contributed by atoms with van der Waals surface area (Å²) in [5.74, 6) is 0.886. The first-order valence-corrected chi connectivity index (χ1v) is 25.4. The van der Waals surface area contributed by atoms with E-state index in [2.05, 4.69) is 45.0 Å². The number of aliphatic hydroxyl groups excluding tert-OH is 1. The summed E-state index contributed by atoms with van der Waals surface area (Å²) in [5.41, 5.74) is 8.61. The molecule has 5 aromatic rings. The minimum atomic E-state index is -0.920. The molecule has 66 heavy (non-hydrogen) atoms. The SMILES string of the molecule is CC(=O)N[C@@H](C(=O)N1C[C@@H](O)C[C@@H]1C(=O)NCc1ccc(-c2scnc2C)cc1)C(C)(C)SCCCCCCNC(=O)C[C@H]1N=C(c2ccc(Cl)cc2)c2c(sc(C)c2C)-n2c(C)nnc21. The number of carbonyl (C=O) groups is 4. The molecule has 0 aliphatic carbocycles. The molecule has 0 unspecified atom stereocenters. The first-order chi connectivity index (χ1) is 31.5. The monoisotopic (exact) mass is 971 g/mol. The van der Waals surface area contributed by atoms with Crippen LogP contribution in [0.15, 0.2) is 59.0 Å². The van der Waals surface area contributed by atoms with Crippen molar-refractivity contribution in [2.24, 2.45) is 4.99 Å². The van der Waals surface area contributed by atoms with Gasteiger partial charge in [0.2, 0.25) is 23.6 Å². The molecule has 5 heterocycles. The van der Waals surface area contributed by atoms with Gasteiger partial charge in [0.1, 0.15) is 29.0 Å². The van der Waals surface area contributed by atoms with Gasteiger partial charge in [0.05, 0.1) is 34.3 Å². The van der Waals surface area contributed by atoms with E-state index in [0.717, 1.165) is 86.4 Å². The van der Waals surface area contributed by atoms with Gasteiger partial charge in [0, 0.05) is 58.8 Å². The maximum atomic E-state index is 14.2. The molecule has 0 saturated carbocycles. The molecule has 4 N–H and O–H groups in total. The highest BCUT2D eigenvalue weighted by atomic mass is 35.5. The first kappa shape index (κ1) is 49.0. The number of nitrogens with zero attached hydrogens (tertiary/aromatic N) is 6. The Hall–Kier alpha value is -4.94. The molecule has 0 bridgehead atoms. The molecule has 2 aliphatic rings. The molecule has 2 aromatic carbocycles. The van der Waals surface area contributed by atoms with E-state index < -0.39 is 34.9 Å². The molecule has 3 aromatic heterocycles. The number of β-amino-alcohol motifs (C(OH)–C–C–N with tert-alkyl or cyclic N) is 1. The summed E-state index contributed by atoms with van der Waals surface area (Å²) in [7, 11) is 0. The summed E-state index contributed by atoms with van der Waals surface area (Å²) >= 11 is 11.1.